The van der Waals surface area contributed by atoms with E-state index in [9.17, 15) is 9.59 Å². The molecular weight excluding hydrogens is 500 g/mol. The maximum absolute atomic E-state index is 13.9. The first kappa shape index (κ1) is 27.1. The minimum absolute atomic E-state index is 0.00200. The van der Waals surface area contributed by atoms with E-state index in [-0.39, 0.29) is 24.5 Å². The maximum atomic E-state index is 13.9. The lowest BCUT2D eigenvalue weighted by Gasteiger charge is -2.38. The highest BCUT2D eigenvalue weighted by atomic mass is 16.5. The van der Waals surface area contributed by atoms with Gasteiger partial charge in [0.15, 0.2) is 0 Å². The Kier molecular flexibility index (Phi) is 8.20. The minimum Gasteiger partial charge on any atom is -0.457 e. The summed E-state index contributed by atoms with van der Waals surface area (Å²) < 4.78 is 8.30. The van der Waals surface area contributed by atoms with Gasteiger partial charge in [0.1, 0.15) is 18.0 Å². The fourth-order valence-electron chi connectivity index (χ4n) is 5.35. The van der Waals surface area contributed by atoms with Crippen LogP contribution in [-0.4, -0.2) is 45.9 Å². The number of hydrogen-bond donors (Lipinski definition) is 1. The third-order valence-corrected chi connectivity index (χ3v) is 7.33. The number of nitrogens with zero attached hydrogens (tertiary/aromatic N) is 3. The number of hydrogen-bond acceptors (Lipinski definition) is 3. The lowest BCUT2D eigenvalue weighted by Crippen LogP contribution is -2.49. The molecule has 0 aliphatic carbocycles. The van der Waals surface area contributed by atoms with E-state index in [1.807, 2.05) is 105 Å². The molecule has 7 nitrogen and oxygen atoms in total. The first-order valence-electron chi connectivity index (χ1n) is 13.8. The minimum atomic E-state index is -0.291. The molecule has 2 heterocycles. The van der Waals surface area contributed by atoms with E-state index in [4.69, 9.17) is 4.74 Å². The zero-order valence-electron chi connectivity index (χ0n) is 23.3. The molecule has 0 unspecified atom stereocenters. The number of anilines is 1. The fourth-order valence-corrected chi connectivity index (χ4v) is 5.35. The molecule has 0 radical (unpaired) electrons. The van der Waals surface area contributed by atoms with Crippen LogP contribution in [0.4, 0.5) is 10.5 Å². The summed E-state index contributed by atoms with van der Waals surface area (Å²) >= 11 is 0. The van der Waals surface area contributed by atoms with Crippen LogP contribution in [0.5, 0.6) is 11.5 Å². The van der Waals surface area contributed by atoms with Gasteiger partial charge in [-0.3, -0.25) is 4.79 Å². The van der Waals surface area contributed by atoms with E-state index in [0.717, 1.165) is 40.2 Å². The molecule has 5 rings (SSSR count). The molecule has 1 atom stereocenters. The first-order chi connectivity index (χ1) is 19.4. The third-order valence-electron chi connectivity index (χ3n) is 7.33. The quantitative estimate of drug-likeness (QED) is 0.270. The van der Waals surface area contributed by atoms with Gasteiger partial charge in [-0.05, 0) is 73.4 Å². The Balaban J connectivity index is 1.39. The Labute approximate surface area is 236 Å². The average Bonchev–Trinajstić information content (AvgIpc) is 3.44. The van der Waals surface area contributed by atoms with Crippen LogP contribution >= 0.6 is 0 Å². The lowest BCUT2D eigenvalue weighted by molar-refractivity contribution is -0.134. The fraction of sp³-hybridized carbons (Fsp3) is 0.273. The van der Waals surface area contributed by atoms with Crippen molar-refractivity contribution in [3.8, 4) is 11.5 Å². The van der Waals surface area contributed by atoms with E-state index in [1.54, 1.807) is 4.90 Å². The molecule has 1 aliphatic rings. The van der Waals surface area contributed by atoms with Crippen LogP contribution in [0.25, 0.3) is 0 Å². The van der Waals surface area contributed by atoms with E-state index < -0.39 is 0 Å². The number of para-hydroxylation sites is 2. The number of aromatic nitrogens is 1. The number of urea groups is 1. The van der Waals surface area contributed by atoms with Crippen molar-refractivity contribution in [2.45, 2.75) is 39.8 Å². The molecule has 0 saturated carbocycles. The molecule has 3 aromatic carbocycles. The van der Waals surface area contributed by atoms with Gasteiger partial charge < -0.3 is 24.4 Å². The van der Waals surface area contributed by atoms with Gasteiger partial charge >= 0.3 is 6.03 Å². The zero-order valence-corrected chi connectivity index (χ0v) is 23.3. The van der Waals surface area contributed by atoms with Crippen LogP contribution in [0.15, 0.2) is 91.1 Å². The maximum Gasteiger partial charge on any atom is 0.322 e. The average molecular weight is 537 g/mol. The van der Waals surface area contributed by atoms with Crippen molar-refractivity contribution in [2.75, 3.05) is 25.0 Å². The van der Waals surface area contributed by atoms with Crippen molar-refractivity contribution in [1.29, 1.82) is 0 Å². The Morgan fingerprint density at radius 3 is 2.38 bits per heavy atom. The molecule has 3 amide bonds. The number of aryl methyl sites for hydroxylation is 2. The Morgan fingerprint density at radius 2 is 1.62 bits per heavy atom. The van der Waals surface area contributed by atoms with E-state index in [0.29, 0.717) is 25.4 Å². The van der Waals surface area contributed by atoms with Gasteiger partial charge in [0.05, 0.1) is 6.04 Å². The molecule has 1 N–H and O–H groups in total. The van der Waals surface area contributed by atoms with Crippen molar-refractivity contribution < 1.29 is 14.3 Å². The zero-order chi connectivity index (χ0) is 28.1. The van der Waals surface area contributed by atoms with Crippen molar-refractivity contribution in [1.82, 2.24) is 14.4 Å². The van der Waals surface area contributed by atoms with E-state index in [2.05, 4.69) is 22.1 Å². The summed E-state index contributed by atoms with van der Waals surface area (Å²) in [4.78, 5) is 30.8. The molecule has 7 heteroatoms. The SMILES string of the molecule is CCCN(CC(=O)N1CCn2cccc2[C@@H]1c1cccc(Oc2ccccc2)c1)C(=O)Nc1c(C)cccc1C. The largest absolute Gasteiger partial charge is 0.457 e. The van der Waals surface area contributed by atoms with Gasteiger partial charge in [-0.2, -0.15) is 0 Å². The number of amides is 3. The molecule has 0 saturated heterocycles. The molecule has 1 aliphatic heterocycles. The predicted molar refractivity (Wildman–Crippen MR) is 158 cm³/mol. The van der Waals surface area contributed by atoms with Crippen LogP contribution in [-0.2, 0) is 11.3 Å². The number of nitrogens with one attached hydrogen (secondary N) is 1. The van der Waals surface area contributed by atoms with Crippen LogP contribution in [0.2, 0.25) is 0 Å². The molecule has 1 aromatic heterocycles. The Morgan fingerprint density at radius 1 is 0.900 bits per heavy atom. The molecule has 40 heavy (non-hydrogen) atoms. The number of carbonyl (C=O) groups is 2. The molecule has 0 bridgehead atoms. The summed E-state index contributed by atoms with van der Waals surface area (Å²) in [6, 6.07) is 27.0. The van der Waals surface area contributed by atoms with Crippen molar-refractivity contribution >= 4 is 17.6 Å². The molecule has 0 fully saturated rings. The summed E-state index contributed by atoms with van der Waals surface area (Å²) in [5, 5.41) is 3.05. The Hall–Kier alpha value is -4.52. The molecule has 4 aromatic rings. The van der Waals surface area contributed by atoms with Crippen molar-refractivity contribution in [2.24, 2.45) is 0 Å². The highest BCUT2D eigenvalue weighted by Gasteiger charge is 2.33. The van der Waals surface area contributed by atoms with E-state index in [1.165, 1.54) is 0 Å². The van der Waals surface area contributed by atoms with Crippen LogP contribution in [0.3, 0.4) is 0 Å². The van der Waals surface area contributed by atoms with Gasteiger partial charge in [0.2, 0.25) is 5.91 Å². The topological polar surface area (TPSA) is 66.8 Å². The number of carbonyl (C=O) groups excluding carboxylic acids is 2. The number of ether oxygens (including phenoxy) is 1. The number of fused-ring (bicyclic) bond motifs is 1. The smallest absolute Gasteiger partial charge is 0.322 e. The van der Waals surface area contributed by atoms with Crippen molar-refractivity contribution in [3.63, 3.8) is 0 Å². The summed E-state index contributed by atoms with van der Waals surface area (Å²) in [5.41, 5.74) is 4.78. The number of rotatable bonds is 8. The van der Waals surface area contributed by atoms with Gasteiger partial charge in [0.25, 0.3) is 0 Å². The lowest BCUT2D eigenvalue weighted by atomic mass is 9.99. The standard InChI is InChI=1S/C33H36N4O3/c1-4-18-36(33(39)34-31-24(2)11-8-12-25(31)3)23-30(38)37-21-20-35-19-10-17-29(35)32(37)26-13-9-16-28(22-26)40-27-14-6-5-7-15-27/h5-17,19,22,32H,4,18,20-21,23H2,1-3H3,(H,34,39)/t32-/m0/s1. The van der Waals surface area contributed by atoms with Gasteiger partial charge in [0, 0.05) is 37.2 Å². The summed E-state index contributed by atoms with van der Waals surface area (Å²) in [6.07, 6.45) is 2.80. The normalized spacial score (nSPS) is 14.4. The van der Waals surface area contributed by atoms with Crippen LogP contribution < -0.4 is 10.1 Å². The third kappa shape index (κ3) is 5.88. The second kappa shape index (κ2) is 12.1. The molecule has 0 spiro atoms. The predicted octanol–water partition coefficient (Wildman–Crippen LogP) is 6.77. The van der Waals surface area contributed by atoms with Crippen LogP contribution in [0.1, 0.15) is 41.8 Å². The highest BCUT2D eigenvalue weighted by molar-refractivity contribution is 5.93. The van der Waals surface area contributed by atoms with Gasteiger partial charge in [-0.25, -0.2) is 4.79 Å². The first-order valence-corrected chi connectivity index (χ1v) is 13.8. The summed E-state index contributed by atoms with van der Waals surface area (Å²) in [6.45, 7) is 7.70. The monoisotopic (exact) mass is 536 g/mol. The summed E-state index contributed by atoms with van der Waals surface area (Å²) in [7, 11) is 0. The summed E-state index contributed by atoms with van der Waals surface area (Å²) in [5.74, 6) is 1.38. The van der Waals surface area contributed by atoms with Crippen molar-refractivity contribution in [3.05, 3.63) is 114 Å². The van der Waals surface area contributed by atoms with Crippen LogP contribution in [0, 0.1) is 13.8 Å². The molecular formula is C33H36N4O3. The number of benzene rings is 3. The van der Waals surface area contributed by atoms with Gasteiger partial charge in [-0.15, -0.1) is 0 Å². The Bertz CT molecular complexity index is 1460. The molecule has 206 valence electrons. The van der Waals surface area contributed by atoms with Gasteiger partial charge in [-0.1, -0.05) is 55.5 Å². The second-order valence-electron chi connectivity index (χ2n) is 10.2. The second-order valence-corrected chi connectivity index (χ2v) is 10.2. The highest BCUT2D eigenvalue weighted by Crippen LogP contribution is 2.35. The van der Waals surface area contributed by atoms with E-state index >= 15 is 0 Å².